The van der Waals surface area contributed by atoms with Crippen molar-refractivity contribution in [1.82, 2.24) is 9.55 Å². The highest BCUT2D eigenvalue weighted by Gasteiger charge is 2.26. The number of allylic oxidation sites excluding steroid dienone is 1. The number of nitrogens with two attached hydrogens (primary N) is 1. The van der Waals surface area contributed by atoms with Crippen molar-refractivity contribution in [2.75, 3.05) is 11.1 Å². The number of anilines is 1. The monoisotopic (exact) mass is 522 g/mol. The van der Waals surface area contributed by atoms with E-state index in [1.807, 2.05) is 35.7 Å². The maximum absolute atomic E-state index is 13.4. The molecule has 3 aromatic heterocycles. The van der Waals surface area contributed by atoms with Gasteiger partial charge in [0, 0.05) is 22.4 Å². The normalized spacial score (nSPS) is 12.6. The molecule has 0 radical (unpaired) electrons. The summed E-state index contributed by atoms with van der Waals surface area (Å²) in [5.41, 5.74) is 8.62. The number of thioether (sulfide) groups is 1. The molecule has 0 spiro atoms. The fourth-order valence-corrected chi connectivity index (χ4v) is 7.39. The van der Waals surface area contributed by atoms with Crippen molar-refractivity contribution in [1.29, 1.82) is 0 Å². The van der Waals surface area contributed by atoms with E-state index >= 15 is 0 Å². The van der Waals surface area contributed by atoms with Gasteiger partial charge in [0.1, 0.15) is 9.83 Å². The average molecular weight is 523 g/mol. The van der Waals surface area contributed by atoms with Crippen LogP contribution < -0.4 is 16.6 Å². The first-order chi connectivity index (χ1) is 17.0. The molecular formula is C25H22N4O3S3. The van der Waals surface area contributed by atoms with Crippen LogP contribution in [-0.2, 0) is 24.2 Å². The van der Waals surface area contributed by atoms with E-state index in [2.05, 4.69) is 11.9 Å². The molecule has 35 heavy (non-hydrogen) atoms. The van der Waals surface area contributed by atoms with E-state index in [1.54, 1.807) is 10.6 Å². The van der Waals surface area contributed by atoms with Crippen LogP contribution in [0.3, 0.4) is 0 Å². The van der Waals surface area contributed by atoms with Gasteiger partial charge in [0.15, 0.2) is 5.16 Å². The summed E-state index contributed by atoms with van der Waals surface area (Å²) in [6, 6.07) is 9.73. The summed E-state index contributed by atoms with van der Waals surface area (Å²) >= 11 is 4.00. The van der Waals surface area contributed by atoms with Gasteiger partial charge < -0.3 is 11.1 Å². The maximum Gasteiger partial charge on any atom is 0.263 e. The van der Waals surface area contributed by atoms with Crippen LogP contribution >= 0.6 is 34.4 Å². The van der Waals surface area contributed by atoms with Gasteiger partial charge in [-0.2, -0.15) is 0 Å². The van der Waals surface area contributed by atoms with E-state index < -0.39 is 5.91 Å². The van der Waals surface area contributed by atoms with Crippen molar-refractivity contribution >= 4 is 61.5 Å². The minimum atomic E-state index is -0.522. The zero-order valence-corrected chi connectivity index (χ0v) is 21.2. The van der Waals surface area contributed by atoms with Crippen LogP contribution in [0.15, 0.2) is 58.3 Å². The number of aromatic nitrogens is 2. The highest BCUT2D eigenvalue weighted by Crippen LogP contribution is 2.39. The smallest absolute Gasteiger partial charge is 0.263 e. The molecule has 10 heteroatoms. The summed E-state index contributed by atoms with van der Waals surface area (Å²) in [6.07, 6.45) is 4.34. The van der Waals surface area contributed by atoms with Crippen LogP contribution in [0.5, 0.6) is 0 Å². The molecule has 0 fully saturated rings. The fourth-order valence-electron chi connectivity index (χ4n) is 4.28. The van der Waals surface area contributed by atoms with Crippen molar-refractivity contribution in [2.24, 2.45) is 5.73 Å². The number of benzene rings is 1. The Morgan fingerprint density at radius 1 is 1.26 bits per heavy atom. The van der Waals surface area contributed by atoms with E-state index in [0.29, 0.717) is 25.9 Å². The highest BCUT2D eigenvalue weighted by molar-refractivity contribution is 7.99. The highest BCUT2D eigenvalue weighted by atomic mass is 32.2. The zero-order valence-electron chi connectivity index (χ0n) is 18.7. The van der Waals surface area contributed by atoms with E-state index in [0.717, 1.165) is 40.8 Å². The molecule has 1 aromatic carbocycles. The Balaban J connectivity index is 1.41. The summed E-state index contributed by atoms with van der Waals surface area (Å²) in [6.45, 7) is 4.05. The second kappa shape index (κ2) is 9.80. The third-order valence-corrected chi connectivity index (χ3v) is 8.86. The minimum Gasteiger partial charge on any atom is -0.365 e. The van der Waals surface area contributed by atoms with E-state index in [1.165, 1.54) is 34.4 Å². The first kappa shape index (κ1) is 23.5. The molecular weight excluding hydrogens is 501 g/mol. The minimum absolute atomic E-state index is 0.0345. The van der Waals surface area contributed by atoms with E-state index in [9.17, 15) is 14.4 Å². The standard InChI is InChI=1S/C25H22N4O3S3/c1-2-11-29-24(32)20-16(14-7-4-3-5-8-14)12-33-22(20)28-25(29)34-13-18(30)27-23-19(21(26)31)15-9-6-10-17(15)35-23/h2-5,7-8,12H,1,6,9-11,13H2,(H2,26,31)(H,27,30). The Hall–Kier alpha value is -3.21. The Bertz CT molecular complexity index is 1520. The number of rotatable bonds is 8. The summed E-state index contributed by atoms with van der Waals surface area (Å²) in [4.78, 5) is 44.7. The van der Waals surface area contributed by atoms with Crippen LogP contribution in [0.2, 0.25) is 0 Å². The molecule has 0 unspecified atom stereocenters. The molecule has 178 valence electrons. The summed E-state index contributed by atoms with van der Waals surface area (Å²) in [7, 11) is 0. The van der Waals surface area contributed by atoms with Crippen molar-refractivity contribution in [3.63, 3.8) is 0 Å². The van der Waals surface area contributed by atoms with Crippen LogP contribution in [-0.4, -0.2) is 27.1 Å². The first-order valence-corrected chi connectivity index (χ1v) is 13.7. The number of carbonyl (C=O) groups excluding carboxylic acids is 2. The Morgan fingerprint density at radius 3 is 2.80 bits per heavy atom. The number of hydrogen-bond donors (Lipinski definition) is 2. The van der Waals surface area contributed by atoms with Crippen LogP contribution in [0.25, 0.3) is 21.3 Å². The molecule has 7 nitrogen and oxygen atoms in total. The molecule has 0 saturated heterocycles. The Kier molecular flexibility index (Phi) is 6.59. The topological polar surface area (TPSA) is 107 Å². The lowest BCUT2D eigenvalue weighted by Gasteiger charge is -2.11. The van der Waals surface area contributed by atoms with Gasteiger partial charge in [-0.25, -0.2) is 4.98 Å². The van der Waals surface area contributed by atoms with Crippen LogP contribution in [0.1, 0.15) is 27.2 Å². The number of fused-ring (bicyclic) bond motifs is 2. The van der Waals surface area contributed by atoms with Gasteiger partial charge >= 0.3 is 0 Å². The second-order valence-corrected chi connectivity index (χ2v) is 11.0. The van der Waals surface area contributed by atoms with Gasteiger partial charge in [-0.3, -0.25) is 19.0 Å². The Morgan fingerprint density at radius 2 is 2.06 bits per heavy atom. The summed E-state index contributed by atoms with van der Waals surface area (Å²) in [5, 5.41) is 6.30. The molecule has 4 aromatic rings. The van der Waals surface area contributed by atoms with Crippen molar-refractivity contribution in [3.8, 4) is 11.1 Å². The van der Waals surface area contributed by atoms with Crippen molar-refractivity contribution in [3.05, 3.63) is 74.7 Å². The molecule has 0 bridgehead atoms. The number of thiophene rings is 2. The largest absolute Gasteiger partial charge is 0.365 e. The SMILES string of the molecule is C=CCn1c(SCC(=O)Nc2sc3c(c2C(N)=O)CCC3)nc2scc(-c3ccccc3)c2c1=O. The van der Waals surface area contributed by atoms with Crippen LogP contribution in [0, 0.1) is 0 Å². The lowest BCUT2D eigenvalue weighted by Crippen LogP contribution is -2.24. The summed E-state index contributed by atoms with van der Waals surface area (Å²) in [5.74, 6) is -0.772. The maximum atomic E-state index is 13.4. The second-order valence-electron chi connectivity index (χ2n) is 8.06. The van der Waals surface area contributed by atoms with Gasteiger partial charge in [0.2, 0.25) is 5.91 Å². The number of amides is 2. The van der Waals surface area contributed by atoms with E-state index in [-0.39, 0.29) is 23.8 Å². The molecule has 3 N–H and O–H groups in total. The number of primary amides is 1. The average Bonchev–Trinajstić information content (AvgIpc) is 3.54. The summed E-state index contributed by atoms with van der Waals surface area (Å²) < 4.78 is 1.54. The number of nitrogens with zero attached hydrogens (tertiary/aromatic N) is 2. The lowest BCUT2D eigenvalue weighted by atomic mass is 10.1. The molecule has 0 saturated carbocycles. The fraction of sp³-hybridized carbons (Fsp3) is 0.200. The number of nitrogens with one attached hydrogen (secondary N) is 1. The predicted molar refractivity (Wildman–Crippen MR) is 144 cm³/mol. The number of hydrogen-bond acceptors (Lipinski definition) is 7. The van der Waals surface area contributed by atoms with Gasteiger partial charge in [-0.05, 0) is 30.4 Å². The molecule has 3 heterocycles. The molecule has 2 amide bonds. The molecule has 0 atom stereocenters. The molecule has 5 rings (SSSR count). The number of aryl methyl sites for hydroxylation is 1. The van der Waals surface area contributed by atoms with Gasteiger partial charge in [0.25, 0.3) is 11.5 Å². The first-order valence-electron chi connectivity index (χ1n) is 11.0. The third-order valence-electron chi connectivity index (χ3n) is 5.81. The van der Waals surface area contributed by atoms with Crippen LogP contribution in [0.4, 0.5) is 5.00 Å². The lowest BCUT2D eigenvalue weighted by molar-refractivity contribution is -0.113. The third kappa shape index (κ3) is 4.44. The Labute approximate surface area is 213 Å². The van der Waals surface area contributed by atoms with Gasteiger partial charge in [-0.15, -0.1) is 29.3 Å². The van der Waals surface area contributed by atoms with Gasteiger partial charge in [-0.1, -0.05) is 48.2 Å². The van der Waals surface area contributed by atoms with Crippen molar-refractivity contribution in [2.45, 2.75) is 31.0 Å². The molecule has 1 aliphatic rings. The van der Waals surface area contributed by atoms with Gasteiger partial charge in [0.05, 0.1) is 16.7 Å². The molecule has 0 aliphatic heterocycles. The quantitative estimate of drug-likeness (QED) is 0.198. The van der Waals surface area contributed by atoms with E-state index in [4.69, 9.17) is 10.7 Å². The molecule has 1 aliphatic carbocycles. The predicted octanol–water partition coefficient (Wildman–Crippen LogP) is 4.69. The zero-order chi connectivity index (χ0) is 24.5. The number of carbonyl (C=O) groups is 2. The van der Waals surface area contributed by atoms with Crippen molar-refractivity contribution < 1.29 is 9.59 Å².